The van der Waals surface area contributed by atoms with E-state index in [9.17, 15) is 4.79 Å². The fourth-order valence-corrected chi connectivity index (χ4v) is 2.68. The third-order valence-corrected chi connectivity index (χ3v) is 3.41. The van der Waals surface area contributed by atoms with Crippen molar-refractivity contribution in [1.29, 1.82) is 0 Å². The van der Waals surface area contributed by atoms with Gasteiger partial charge in [-0.2, -0.15) is 0 Å². The van der Waals surface area contributed by atoms with Crippen LogP contribution in [0.2, 0.25) is 0 Å². The van der Waals surface area contributed by atoms with Crippen LogP contribution in [0.4, 0.5) is 5.13 Å². The topological polar surface area (TPSA) is 55.1 Å². The Bertz CT molecular complexity index is 701. The Morgan fingerprint density at radius 1 is 1.39 bits per heavy atom. The molecule has 0 aliphatic carbocycles. The SMILES string of the molecule is CC(=O)Nc1nc2ccc(-c3ccco3)cc2s1. The first-order valence-electron chi connectivity index (χ1n) is 5.44. The zero-order valence-electron chi connectivity index (χ0n) is 9.64. The van der Waals surface area contributed by atoms with E-state index in [-0.39, 0.29) is 5.91 Å². The Morgan fingerprint density at radius 3 is 3.00 bits per heavy atom. The van der Waals surface area contributed by atoms with Gasteiger partial charge in [0.25, 0.3) is 0 Å². The molecule has 0 atom stereocenters. The number of nitrogens with one attached hydrogen (secondary N) is 1. The van der Waals surface area contributed by atoms with Crippen LogP contribution in [0.15, 0.2) is 41.0 Å². The number of rotatable bonds is 2. The second-order valence-electron chi connectivity index (χ2n) is 3.86. The number of benzene rings is 1. The van der Waals surface area contributed by atoms with Gasteiger partial charge in [0, 0.05) is 12.5 Å². The van der Waals surface area contributed by atoms with E-state index in [1.165, 1.54) is 18.3 Å². The first-order chi connectivity index (χ1) is 8.72. The van der Waals surface area contributed by atoms with Gasteiger partial charge in [0.1, 0.15) is 5.76 Å². The lowest BCUT2D eigenvalue weighted by molar-refractivity contribution is -0.114. The summed E-state index contributed by atoms with van der Waals surface area (Å²) in [5.74, 6) is 0.715. The number of fused-ring (bicyclic) bond motifs is 1. The summed E-state index contributed by atoms with van der Waals surface area (Å²) in [5, 5.41) is 3.31. The molecule has 0 spiro atoms. The molecular formula is C13H10N2O2S. The normalized spacial score (nSPS) is 10.7. The number of hydrogen-bond donors (Lipinski definition) is 1. The van der Waals surface area contributed by atoms with Crippen LogP contribution < -0.4 is 5.32 Å². The number of furan rings is 1. The Balaban J connectivity index is 2.04. The maximum Gasteiger partial charge on any atom is 0.223 e. The van der Waals surface area contributed by atoms with Gasteiger partial charge in [-0.3, -0.25) is 4.79 Å². The molecule has 0 aliphatic rings. The highest BCUT2D eigenvalue weighted by Gasteiger charge is 2.07. The van der Waals surface area contributed by atoms with Gasteiger partial charge in [0.15, 0.2) is 5.13 Å². The molecule has 0 bridgehead atoms. The zero-order valence-corrected chi connectivity index (χ0v) is 10.5. The lowest BCUT2D eigenvalue weighted by atomic mass is 10.2. The number of thiazole rings is 1. The Kier molecular flexibility index (Phi) is 2.60. The maximum atomic E-state index is 11.0. The minimum absolute atomic E-state index is 0.111. The van der Waals surface area contributed by atoms with Gasteiger partial charge in [0.2, 0.25) is 5.91 Å². The van der Waals surface area contributed by atoms with Crippen molar-refractivity contribution >= 4 is 32.6 Å². The van der Waals surface area contributed by atoms with Crippen LogP contribution in [0.1, 0.15) is 6.92 Å². The maximum absolute atomic E-state index is 11.0. The highest BCUT2D eigenvalue weighted by atomic mass is 32.1. The molecule has 1 amide bonds. The van der Waals surface area contributed by atoms with E-state index < -0.39 is 0 Å². The first kappa shape index (κ1) is 11.0. The predicted molar refractivity (Wildman–Crippen MR) is 71.6 cm³/mol. The monoisotopic (exact) mass is 258 g/mol. The molecule has 3 aromatic rings. The minimum atomic E-state index is -0.111. The third-order valence-electron chi connectivity index (χ3n) is 2.48. The number of carbonyl (C=O) groups is 1. The molecular weight excluding hydrogens is 248 g/mol. The second kappa shape index (κ2) is 4.27. The molecule has 0 radical (unpaired) electrons. The molecule has 1 aromatic carbocycles. The minimum Gasteiger partial charge on any atom is -0.464 e. The predicted octanol–water partition coefficient (Wildman–Crippen LogP) is 3.51. The molecule has 0 saturated heterocycles. The van der Waals surface area contributed by atoms with Crippen molar-refractivity contribution < 1.29 is 9.21 Å². The van der Waals surface area contributed by atoms with Crippen LogP contribution in [0.25, 0.3) is 21.5 Å². The summed E-state index contributed by atoms with van der Waals surface area (Å²) < 4.78 is 6.38. The summed E-state index contributed by atoms with van der Waals surface area (Å²) in [6, 6.07) is 9.66. The third kappa shape index (κ3) is 2.00. The average Bonchev–Trinajstić information content (AvgIpc) is 2.94. The van der Waals surface area contributed by atoms with Gasteiger partial charge >= 0.3 is 0 Å². The van der Waals surface area contributed by atoms with Crippen LogP contribution in [-0.4, -0.2) is 10.9 Å². The van der Waals surface area contributed by atoms with Crippen molar-refractivity contribution in [3.8, 4) is 11.3 Å². The van der Waals surface area contributed by atoms with Gasteiger partial charge in [-0.1, -0.05) is 11.3 Å². The van der Waals surface area contributed by atoms with Gasteiger partial charge in [-0.05, 0) is 30.3 Å². The van der Waals surface area contributed by atoms with Crippen molar-refractivity contribution in [2.75, 3.05) is 5.32 Å². The number of hydrogen-bond acceptors (Lipinski definition) is 4. The van der Waals surface area contributed by atoms with Crippen LogP contribution in [0.5, 0.6) is 0 Å². The standard InChI is InChI=1S/C13H10N2O2S/c1-8(16)14-13-15-10-5-4-9(7-12(10)18-13)11-3-2-6-17-11/h2-7H,1H3,(H,14,15,16). The summed E-state index contributed by atoms with van der Waals surface area (Å²) in [6.45, 7) is 1.47. The lowest BCUT2D eigenvalue weighted by Gasteiger charge is -1.95. The summed E-state index contributed by atoms with van der Waals surface area (Å²) in [6.07, 6.45) is 1.65. The van der Waals surface area contributed by atoms with Gasteiger partial charge in [-0.25, -0.2) is 4.98 Å². The van der Waals surface area contributed by atoms with E-state index in [1.54, 1.807) is 6.26 Å². The highest BCUT2D eigenvalue weighted by Crippen LogP contribution is 2.30. The summed E-state index contributed by atoms with van der Waals surface area (Å²) in [7, 11) is 0. The van der Waals surface area contributed by atoms with E-state index in [1.807, 2.05) is 30.3 Å². The molecule has 2 heterocycles. The van der Waals surface area contributed by atoms with Crippen LogP contribution >= 0.6 is 11.3 Å². The molecule has 0 unspecified atom stereocenters. The van der Waals surface area contributed by atoms with Crippen molar-refractivity contribution in [2.45, 2.75) is 6.92 Å². The van der Waals surface area contributed by atoms with E-state index in [4.69, 9.17) is 4.42 Å². The van der Waals surface area contributed by atoms with Crippen molar-refractivity contribution in [3.63, 3.8) is 0 Å². The Morgan fingerprint density at radius 2 is 2.28 bits per heavy atom. The molecule has 2 aromatic heterocycles. The number of aromatic nitrogens is 1. The molecule has 90 valence electrons. The average molecular weight is 258 g/mol. The van der Waals surface area contributed by atoms with Crippen molar-refractivity contribution in [2.24, 2.45) is 0 Å². The molecule has 0 fully saturated rings. The van der Waals surface area contributed by atoms with E-state index in [0.717, 1.165) is 21.5 Å². The number of anilines is 1. The summed E-state index contributed by atoms with van der Waals surface area (Å²) in [4.78, 5) is 15.3. The number of amides is 1. The first-order valence-corrected chi connectivity index (χ1v) is 6.26. The molecule has 4 nitrogen and oxygen atoms in total. The summed E-state index contributed by atoms with van der Waals surface area (Å²) >= 11 is 1.45. The van der Waals surface area contributed by atoms with Crippen molar-refractivity contribution in [3.05, 3.63) is 36.6 Å². The number of nitrogens with zero attached hydrogens (tertiary/aromatic N) is 1. The van der Waals surface area contributed by atoms with E-state index >= 15 is 0 Å². The van der Waals surface area contributed by atoms with Crippen LogP contribution in [-0.2, 0) is 4.79 Å². The van der Waals surface area contributed by atoms with Crippen LogP contribution in [0, 0.1) is 0 Å². The van der Waals surface area contributed by atoms with Gasteiger partial charge in [-0.15, -0.1) is 0 Å². The lowest BCUT2D eigenvalue weighted by Crippen LogP contribution is -2.04. The van der Waals surface area contributed by atoms with Gasteiger partial charge < -0.3 is 9.73 Å². The fraction of sp³-hybridized carbons (Fsp3) is 0.0769. The molecule has 5 heteroatoms. The zero-order chi connectivity index (χ0) is 12.5. The largest absolute Gasteiger partial charge is 0.464 e. The molecule has 0 aliphatic heterocycles. The molecule has 3 rings (SSSR count). The Labute approximate surface area is 107 Å². The highest BCUT2D eigenvalue weighted by molar-refractivity contribution is 7.22. The Hall–Kier alpha value is -2.14. The molecule has 18 heavy (non-hydrogen) atoms. The summed E-state index contributed by atoms with van der Waals surface area (Å²) in [5.41, 5.74) is 1.88. The van der Waals surface area contributed by atoms with E-state index in [0.29, 0.717) is 5.13 Å². The van der Waals surface area contributed by atoms with Crippen LogP contribution in [0.3, 0.4) is 0 Å². The van der Waals surface area contributed by atoms with E-state index in [2.05, 4.69) is 10.3 Å². The quantitative estimate of drug-likeness (QED) is 0.765. The number of carbonyl (C=O) groups excluding carboxylic acids is 1. The molecule has 1 N–H and O–H groups in total. The fourth-order valence-electron chi connectivity index (χ4n) is 1.72. The molecule has 0 saturated carbocycles. The van der Waals surface area contributed by atoms with Crippen molar-refractivity contribution in [1.82, 2.24) is 4.98 Å². The smallest absolute Gasteiger partial charge is 0.223 e. The second-order valence-corrected chi connectivity index (χ2v) is 4.89. The van der Waals surface area contributed by atoms with Gasteiger partial charge in [0.05, 0.1) is 16.5 Å².